The van der Waals surface area contributed by atoms with Gasteiger partial charge in [-0.1, -0.05) is 25.4 Å². The highest BCUT2D eigenvalue weighted by Crippen LogP contribution is 2.40. The molecular formula is C24H28ClF4N3O7S2. The number of carbonyl (C=O) groups is 1. The fourth-order valence-electron chi connectivity index (χ4n) is 3.64. The molecule has 2 aromatic carbocycles. The van der Waals surface area contributed by atoms with E-state index in [1.807, 2.05) is 0 Å². The van der Waals surface area contributed by atoms with Crippen LogP contribution in [0.2, 0.25) is 5.02 Å². The van der Waals surface area contributed by atoms with Crippen LogP contribution < -0.4 is 19.1 Å². The zero-order chi connectivity index (χ0) is 31.0. The molecular weight excluding hydrogens is 618 g/mol. The number of sulfonamides is 2. The maximum absolute atomic E-state index is 13.8. The van der Waals surface area contributed by atoms with E-state index in [4.69, 9.17) is 16.3 Å². The lowest BCUT2D eigenvalue weighted by molar-refractivity contribution is -0.242. The number of anilines is 2. The van der Waals surface area contributed by atoms with E-state index in [1.165, 1.54) is 12.1 Å². The molecule has 0 aromatic heterocycles. The zero-order valence-corrected chi connectivity index (χ0v) is 24.6. The Kier molecular flexibility index (Phi) is 9.42. The van der Waals surface area contributed by atoms with Crippen molar-refractivity contribution in [1.29, 1.82) is 0 Å². The first-order chi connectivity index (χ1) is 18.7. The Bertz CT molecular complexity index is 1520. The van der Waals surface area contributed by atoms with Crippen molar-refractivity contribution in [3.63, 3.8) is 0 Å². The summed E-state index contributed by atoms with van der Waals surface area (Å²) in [4.78, 5) is 11.8. The maximum Gasteiger partial charge on any atom is 0.427 e. The van der Waals surface area contributed by atoms with E-state index in [0.717, 1.165) is 28.6 Å². The Balaban J connectivity index is 1.97. The van der Waals surface area contributed by atoms with Crippen LogP contribution in [-0.4, -0.2) is 59.7 Å². The van der Waals surface area contributed by atoms with Crippen LogP contribution in [0.15, 0.2) is 41.3 Å². The number of hydrogen-bond donors (Lipinski definition) is 2. The number of nitrogens with one attached hydrogen (secondary N) is 2. The van der Waals surface area contributed by atoms with E-state index in [-0.39, 0.29) is 35.3 Å². The molecule has 17 heteroatoms. The van der Waals surface area contributed by atoms with Crippen LogP contribution in [0, 0.1) is 11.7 Å². The van der Waals surface area contributed by atoms with Crippen LogP contribution >= 0.6 is 11.6 Å². The molecule has 3 rings (SSSR count). The van der Waals surface area contributed by atoms with Crippen molar-refractivity contribution in [3.8, 4) is 5.75 Å². The quantitative estimate of drug-likeness (QED) is 0.371. The van der Waals surface area contributed by atoms with E-state index in [0.29, 0.717) is 13.8 Å². The van der Waals surface area contributed by atoms with Gasteiger partial charge >= 0.3 is 12.3 Å². The van der Waals surface area contributed by atoms with Crippen molar-refractivity contribution >= 4 is 49.1 Å². The summed E-state index contributed by atoms with van der Waals surface area (Å²) in [6.07, 6.45) is -7.34. The Morgan fingerprint density at radius 2 is 1.80 bits per heavy atom. The molecule has 1 aliphatic rings. The molecule has 0 bridgehead atoms. The van der Waals surface area contributed by atoms with Crippen molar-refractivity contribution in [3.05, 3.63) is 47.2 Å². The number of rotatable bonds is 9. The molecule has 0 radical (unpaired) electrons. The van der Waals surface area contributed by atoms with E-state index in [9.17, 15) is 39.2 Å². The molecule has 0 saturated carbocycles. The maximum atomic E-state index is 13.8. The predicted octanol–water partition coefficient (Wildman–Crippen LogP) is 4.90. The summed E-state index contributed by atoms with van der Waals surface area (Å²) in [7, 11) is -8.20. The second kappa shape index (κ2) is 11.8. The third-order valence-electron chi connectivity index (χ3n) is 5.73. The van der Waals surface area contributed by atoms with Gasteiger partial charge in [-0.3, -0.25) is 9.62 Å². The molecule has 0 fully saturated rings. The van der Waals surface area contributed by atoms with E-state index in [2.05, 4.69) is 14.8 Å². The molecule has 41 heavy (non-hydrogen) atoms. The minimum absolute atomic E-state index is 0.0457. The largest absolute Gasteiger partial charge is 0.485 e. The van der Waals surface area contributed by atoms with Crippen LogP contribution in [0.1, 0.15) is 27.7 Å². The van der Waals surface area contributed by atoms with Crippen molar-refractivity contribution in [2.45, 2.75) is 50.5 Å². The van der Waals surface area contributed by atoms with E-state index in [1.54, 1.807) is 13.8 Å². The van der Waals surface area contributed by atoms with Crippen molar-refractivity contribution in [2.24, 2.45) is 5.92 Å². The van der Waals surface area contributed by atoms with Gasteiger partial charge in [0.25, 0.3) is 10.0 Å². The molecule has 2 aromatic rings. The highest BCUT2D eigenvalue weighted by Gasteiger charge is 2.51. The van der Waals surface area contributed by atoms with Gasteiger partial charge in [-0.15, -0.1) is 0 Å². The minimum atomic E-state index is -4.86. The molecule has 0 saturated heterocycles. The summed E-state index contributed by atoms with van der Waals surface area (Å²) >= 11 is 5.80. The number of amides is 1. The summed E-state index contributed by atoms with van der Waals surface area (Å²) < 4.78 is 119. The summed E-state index contributed by atoms with van der Waals surface area (Å²) in [5, 5.41) is 1.65. The molecule has 2 N–H and O–H groups in total. The highest BCUT2D eigenvalue weighted by molar-refractivity contribution is 7.92. The van der Waals surface area contributed by atoms with Crippen molar-refractivity contribution < 1.29 is 48.7 Å². The number of ether oxygens (including phenoxy) is 2. The summed E-state index contributed by atoms with van der Waals surface area (Å²) in [6, 6.07) is 6.31. The molecule has 1 amide bonds. The van der Waals surface area contributed by atoms with Crippen molar-refractivity contribution in [1.82, 2.24) is 4.72 Å². The predicted molar refractivity (Wildman–Crippen MR) is 144 cm³/mol. The van der Waals surface area contributed by atoms with Crippen LogP contribution in [0.5, 0.6) is 5.75 Å². The number of nitrogens with zero attached hydrogens (tertiary/aromatic N) is 1. The topological polar surface area (TPSA) is 131 Å². The molecule has 0 spiro atoms. The Morgan fingerprint density at radius 1 is 1.15 bits per heavy atom. The Labute approximate surface area is 240 Å². The summed E-state index contributed by atoms with van der Waals surface area (Å²) in [5.41, 5.74) is -3.09. The second-order valence-corrected chi connectivity index (χ2v) is 14.2. The fourth-order valence-corrected chi connectivity index (χ4v) is 6.84. The van der Waals surface area contributed by atoms with Crippen LogP contribution in [0.25, 0.3) is 0 Å². The second-order valence-electron chi connectivity index (χ2n) is 10.1. The number of benzene rings is 2. The van der Waals surface area contributed by atoms with Crippen LogP contribution in [0.3, 0.4) is 0 Å². The minimum Gasteiger partial charge on any atom is -0.485 e. The van der Waals surface area contributed by atoms with Gasteiger partial charge < -0.3 is 9.47 Å². The first kappa shape index (κ1) is 32.7. The van der Waals surface area contributed by atoms with Crippen molar-refractivity contribution in [2.75, 3.05) is 28.5 Å². The normalized spacial score (nSPS) is 16.2. The average molecular weight is 646 g/mol. The number of fused-ring (bicyclic) bond motifs is 1. The SMILES string of the molecule is CC(C)CS(=O)(=O)NC[C@H]1CN(S(=O)(=O)c2ccc(F)c(Cl)c2)c2cc(NC(=O)OC(C)(C)C(F)(F)F)ccc2O1. The van der Waals surface area contributed by atoms with Gasteiger partial charge in [0.15, 0.2) is 0 Å². The van der Waals surface area contributed by atoms with Gasteiger partial charge in [0.1, 0.15) is 17.7 Å². The third-order valence-corrected chi connectivity index (χ3v) is 9.51. The van der Waals surface area contributed by atoms with E-state index < -0.39 is 66.3 Å². The van der Waals surface area contributed by atoms with Crippen LogP contribution in [0.4, 0.5) is 33.7 Å². The lowest BCUT2D eigenvalue weighted by Crippen LogP contribution is -2.48. The van der Waals surface area contributed by atoms with E-state index >= 15 is 0 Å². The first-order valence-electron chi connectivity index (χ1n) is 12.0. The molecule has 0 unspecified atom stereocenters. The number of alkyl halides is 3. The summed E-state index contributed by atoms with van der Waals surface area (Å²) in [6.45, 7) is 4.00. The number of carbonyl (C=O) groups excluding carboxylic acids is 1. The molecule has 0 aliphatic carbocycles. The highest BCUT2D eigenvalue weighted by atomic mass is 35.5. The third kappa shape index (κ3) is 7.93. The molecule has 1 heterocycles. The molecule has 228 valence electrons. The first-order valence-corrected chi connectivity index (χ1v) is 15.5. The fraction of sp³-hybridized carbons (Fsp3) is 0.458. The number of halogens is 5. The van der Waals surface area contributed by atoms with Gasteiger partial charge in [0.2, 0.25) is 15.6 Å². The smallest absolute Gasteiger partial charge is 0.427 e. The van der Waals surface area contributed by atoms with Crippen LogP contribution in [-0.2, 0) is 24.8 Å². The summed E-state index contributed by atoms with van der Waals surface area (Å²) in [5.74, 6) is -1.27. The van der Waals surface area contributed by atoms with Gasteiger partial charge in [0, 0.05) is 12.2 Å². The van der Waals surface area contributed by atoms with Gasteiger partial charge in [0.05, 0.1) is 27.9 Å². The van der Waals surface area contributed by atoms with Gasteiger partial charge in [-0.05, 0) is 56.2 Å². The standard InChI is InChI=1S/C24H28ClF4N3O7S2/c1-14(2)13-40(34,35)30-11-16-12-32(41(36,37)17-6-7-19(26)18(25)10-17)20-9-15(5-8-21(20)38-16)31-22(33)39-23(3,4)24(27,28)29/h5-10,14,16,30H,11-13H2,1-4H3,(H,31,33)/t16-/m0/s1. The number of hydrogen-bond acceptors (Lipinski definition) is 7. The lowest BCUT2D eigenvalue weighted by atomic mass is 10.1. The molecule has 1 aliphatic heterocycles. The zero-order valence-electron chi connectivity index (χ0n) is 22.3. The average Bonchev–Trinajstić information content (AvgIpc) is 2.82. The Hall–Kier alpha value is -2.82. The Morgan fingerprint density at radius 3 is 2.39 bits per heavy atom. The molecule has 1 atom stereocenters. The lowest BCUT2D eigenvalue weighted by Gasteiger charge is -2.36. The monoisotopic (exact) mass is 645 g/mol. The van der Waals surface area contributed by atoms with Gasteiger partial charge in [-0.25, -0.2) is 30.7 Å². The van der Waals surface area contributed by atoms with Gasteiger partial charge in [-0.2, -0.15) is 13.2 Å². The molecule has 10 nitrogen and oxygen atoms in total.